The summed E-state index contributed by atoms with van der Waals surface area (Å²) in [6.45, 7) is 2.19. The topological polar surface area (TPSA) is 373 Å². The van der Waals surface area contributed by atoms with Crippen LogP contribution in [0.3, 0.4) is 0 Å². The van der Waals surface area contributed by atoms with Crippen LogP contribution in [0.2, 0.25) is 0 Å². The minimum Gasteiger partial charge on any atom is -0.477 e. The maximum absolute atomic E-state index is 13.4. The SMILES string of the molecule is CCCCCCCCCCCCCCCCCCCCCCCCCCCCC(=O)NC(COC1OC(CO)C(OC2OC(CO)C(O)C(OC3(C(=O)O)CC(O)C(NC(C)=O)C(C(O)C(O)CO)O3)C2O)C(O)C1O)C(O)CCCCCCCCCCCC. The zero-order chi connectivity index (χ0) is 66.1. The molecule has 0 aromatic rings. The Hall–Kier alpha value is -2.27. The minimum atomic E-state index is -3.08. The summed E-state index contributed by atoms with van der Waals surface area (Å²) in [5, 5.41) is 136. The number of unbranched alkanes of at least 4 members (excludes halogenated alkanes) is 34. The van der Waals surface area contributed by atoms with Gasteiger partial charge in [0.1, 0.15) is 67.1 Å². The molecule has 3 rings (SSSR count). The van der Waals surface area contributed by atoms with Gasteiger partial charge in [-0.2, -0.15) is 0 Å². The summed E-state index contributed by atoms with van der Waals surface area (Å²) in [5.41, 5.74) is 0. The molecule has 14 N–H and O–H groups in total. The number of ether oxygens (including phenoxy) is 6. The Labute approximate surface area is 538 Å². The van der Waals surface area contributed by atoms with Crippen LogP contribution in [0.5, 0.6) is 0 Å². The van der Waals surface area contributed by atoms with E-state index in [1.807, 2.05) is 0 Å². The van der Waals surface area contributed by atoms with Crippen LogP contribution in [-0.4, -0.2) is 215 Å². The molecule has 18 atom stereocenters. The van der Waals surface area contributed by atoms with Crippen molar-refractivity contribution in [3.05, 3.63) is 0 Å². The molecule has 18 unspecified atom stereocenters. The minimum absolute atomic E-state index is 0.229. The average Bonchev–Trinajstić information content (AvgIpc) is 1.40. The molecular formula is C67H126N2O21. The van der Waals surface area contributed by atoms with Crippen LogP contribution in [0, 0.1) is 0 Å². The van der Waals surface area contributed by atoms with E-state index in [-0.39, 0.29) is 18.9 Å². The number of carboxylic acids is 1. The van der Waals surface area contributed by atoms with Crippen LogP contribution in [-0.2, 0) is 42.8 Å². The number of rotatable bonds is 54. The van der Waals surface area contributed by atoms with E-state index in [9.17, 15) is 75.7 Å². The van der Waals surface area contributed by atoms with Gasteiger partial charge in [0.05, 0.1) is 50.7 Å². The lowest BCUT2D eigenvalue weighted by atomic mass is 9.88. The summed E-state index contributed by atoms with van der Waals surface area (Å²) < 4.78 is 34.8. The number of aliphatic hydroxyl groups excluding tert-OH is 11. The van der Waals surface area contributed by atoms with E-state index in [0.717, 1.165) is 51.9 Å². The molecule has 0 aliphatic carbocycles. The molecule has 23 heteroatoms. The largest absolute Gasteiger partial charge is 0.477 e. The second kappa shape index (κ2) is 48.4. The van der Waals surface area contributed by atoms with Gasteiger partial charge >= 0.3 is 5.97 Å². The van der Waals surface area contributed by atoms with E-state index < -0.39 is 148 Å². The predicted octanol–water partition coefficient (Wildman–Crippen LogP) is 6.51. The molecule has 3 fully saturated rings. The lowest BCUT2D eigenvalue weighted by molar-refractivity contribution is -0.386. The quantitative estimate of drug-likeness (QED) is 0.0288. The number of hydrogen-bond donors (Lipinski definition) is 14. The average molecular weight is 1300 g/mol. The third kappa shape index (κ3) is 30.6. The van der Waals surface area contributed by atoms with E-state index in [0.29, 0.717) is 19.3 Å². The summed E-state index contributed by atoms with van der Waals surface area (Å²) in [4.78, 5) is 38.5. The Kier molecular flexibility index (Phi) is 44.1. The highest BCUT2D eigenvalue weighted by molar-refractivity contribution is 5.77. The van der Waals surface area contributed by atoms with Crippen molar-refractivity contribution >= 4 is 17.8 Å². The molecule has 0 bridgehead atoms. The normalized spacial score (nSPS) is 28.5. The van der Waals surface area contributed by atoms with Crippen molar-refractivity contribution in [1.29, 1.82) is 0 Å². The monoisotopic (exact) mass is 1290 g/mol. The van der Waals surface area contributed by atoms with Gasteiger partial charge in [0.2, 0.25) is 11.8 Å². The fraction of sp³-hybridized carbons (Fsp3) is 0.955. The number of amides is 2. The molecule has 2 amide bonds. The van der Waals surface area contributed by atoms with Crippen molar-refractivity contribution in [2.24, 2.45) is 0 Å². The van der Waals surface area contributed by atoms with Crippen LogP contribution in [0.4, 0.5) is 0 Å². The van der Waals surface area contributed by atoms with Crippen molar-refractivity contribution in [3.8, 4) is 0 Å². The number of hydrogen-bond acceptors (Lipinski definition) is 20. The van der Waals surface area contributed by atoms with Gasteiger partial charge in [-0.05, 0) is 12.8 Å². The lowest BCUT2D eigenvalue weighted by Crippen LogP contribution is -2.70. The van der Waals surface area contributed by atoms with Gasteiger partial charge in [-0.3, -0.25) is 9.59 Å². The van der Waals surface area contributed by atoms with E-state index in [4.69, 9.17) is 28.4 Å². The van der Waals surface area contributed by atoms with Gasteiger partial charge in [-0.1, -0.05) is 239 Å². The Morgan fingerprint density at radius 1 is 0.533 bits per heavy atom. The van der Waals surface area contributed by atoms with Crippen LogP contribution in [0.1, 0.15) is 271 Å². The third-order valence-corrected chi connectivity index (χ3v) is 18.3. The smallest absolute Gasteiger partial charge is 0.364 e. The fourth-order valence-corrected chi connectivity index (χ4v) is 12.7. The zero-order valence-corrected chi connectivity index (χ0v) is 55.3. The van der Waals surface area contributed by atoms with Crippen LogP contribution >= 0.6 is 0 Å². The molecule has 0 saturated carbocycles. The molecule has 3 heterocycles. The second-order valence-electron chi connectivity index (χ2n) is 26.1. The maximum Gasteiger partial charge on any atom is 0.364 e. The molecule has 90 heavy (non-hydrogen) atoms. The van der Waals surface area contributed by atoms with Crippen molar-refractivity contribution in [2.75, 3.05) is 26.4 Å². The fourth-order valence-electron chi connectivity index (χ4n) is 12.7. The Morgan fingerprint density at radius 3 is 1.39 bits per heavy atom. The number of carbonyl (C=O) groups is 3. The summed E-state index contributed by atoms with van der Waals surface area (Å²) in [6, 6.07) is -2.52. The highest BCUT2D eigenvalue weighted by Crippen LogP contribution is 2.39. The highest BCUT2D eigenvalue weighted by atomic mass is 16.8. The standard InChI is InChI=1S/C67H126N2O21/c1-4-6-8-10-12-14-16-17-18-19-20-21-22-23-24-25-26-27-28-29-30-31-33-35-37-39-41-54(77)69-48(49(74)40-38-36-34-32-15-13-11-9-7-5-2)46-85-64-59(81)58(80)61(53(45-72)87-64)88-65-60(82)63(57(79)52(44-71)86-65)90-67(66(83)84)42-50(75)55(68-47(3)73)62(89-67)56(78)51(76)43-70/h48-53,55-65,70-72,74-76,78-82H,4-46H2,1-3H3,(H,68,73)(H,69,77)(H,83,84). The zero-order valence-electron chi connectivity index (χ0n) is 55.3. The van der Waals surface area contributed by atoms with Crippen LogP contribution in [0.25, 0.3) is 0 Å². The summed E-state index contributed by atoms with van der Waals surface area (Å²) in [5.74, 6) is -6.09. The Balaban J connectivity index is 1.51. The van der Waals surface area contributed by atoms with Gasteiger partial charge in [-0.25, -0.2) is 4.79 Å². The number of aliphatic hydroxyl groups is 11. The van der Waals surface area contributed by atoms with E-state index in [1.165, 1.54) is 173 Å². The van der Waals surface area contributed by atoms with Gasteiger partial charge in [-0.15, -0.1) is 0 Å². The first kappa shape index (κ1) is 82.0. The van der Waals surface area contributed by atoms with Crippen molar-refractivity contribution in [2.45, 2.75) is 381 Å². The molecule has 0 aromatic carbocycles. The Bertz CT molecular complexity index is 1830. The number of carbonyl (C=O) groups excluding carboxylic acids is 2. The Morgan fingerprint density at radius 2 is 0.967 bits per heavy atom. The van der Waals surface area contributed by atoms with Gasteiger partial charge in [0, 0.05) is 19.8 Å². The lowest BCUT2D eigenvalue weighted by Gasteiger charge is -2.50. The van der Waals surface area contributed by atoms with E-state index >= 15 is 0 Å². The van der Waals surface area contributed by atoms with E-state index in [2.05, 4.69) is 24.5 Å². The molecule has 530 valence electrons. The first-order valence-electron chi connectivity index (χ1n) is 35.4. The molecule has 0 aromatic heterocycles. The predicted molar refractivity (Wildman–Crippen MR) is 339 cm³/mol. The van der Waals surface area contributed by atoms with Crippen LogP contribution < -0.4 is 10.6 Å². The number of aliphatic carboxylic acids is 1. The first-order valence-corrected chi connectivity index (χ1v) is 35.4. The summed E-state index contributed by atoms with van der Waals surface area (Å²) in [7, 11) is 0. The number of nitrogens with one attached hydrogen (secondary N) is 2. The third-order valence-electron chi connectivity index (χ3n) is 18.3. The molecule has 23 nitrogen and oxygen atoms in total. The van der Waals surface area contributed by atoms with Crippen molar-refractivity contribution < 1.29 is 104 Å². The van der Waals surface area contributed by atoms with Crippen molar-refractivity contribution in [1.82, 2.24) is 10.6 Å². The van der Waals surface area contributed by atoms with Crippen molar-refractivity contribution in [3.63, 3.8) is 0 Å². The highest BCUT2D eigenvalue weighted by Gasteiger charge is 2.60. The summed E-state index contributed by atoms with van der Waals surface area (Å²) >= 11 is 0. The molecule has 3 aliphatic rings. The number of carboxylic acid groups (broad SMARTS) is 1. The summed E-state index contributed by atoms with van der Waals surface area (Å²) in [6.07, 6.45) is 15.7. The van der Waals surface area contributed by atoms with Crippen LogP contribution in [0.15, 0.2) is 0 Å². The molecule has 3 saturated heterocycles. The van der Waals surface area contributed by atoms with Gasteiger partial charge in [0.15, 0.2) is 12.6 Å². The molecule has 0 spiro atoms. The maximum atomic E-state index is 13.4. The molecule has 0 radical (unpaired) electrons. The second-order valence-corrected chi connectivity index (χ2v) is 26.1. The van der Waals surface area contributed by atoms with Gasteiger partial charge < -0.3 is 100 Å². The molecule has 3 aliphatic heterocycles. The molecular weight excluding hydrogens is 1170 g/mol. The first-order chi connectivity index (χ1) is 43.4. The van der Waals surface area contributed by atoms with Gasteiger partial charge in [0.25, 0.3) is 5.79 Å². The van der Waals surface area contributed by atoms with E-state index in [1.54, 1.807) is 0 Å².